The highest BCUT2D eigenvalue weighted by Crippen LogP contribution is 2.30. The molecule has 0 amide bonds. The summed E-state index contributed by atoms with van der Waals surface area (Å²) in [6.45, 7) is 0.662. The van der Waals surface area contributed by atoms with E-state index in [-0.39, 0.29) is 5.69 Å². The third-order valence-electron chi connectivity index (χ3n) is 3.07. The van der Waals surface area contributed by atoms with Crippen LogP contribution in [0.2, 0.25) is 0 Å². The Balaban J connectivity index is 1.63. The van der Waals surface area contributed by atoms with Crippen LogP contribution < -0.4 is 5.32 Å². The molecule has 0 saturated heterocycles. The number of anilines is 1. The topological polar surface area (TPSA) is 81.0 Å². The Kier molecular flexibility index (Phi) is 3.12. The van der Waals surface area contributed by atoms with Gasteiger partial charge < -0.3 is 5.32 Å². The zero-order valence-corrected chi connectivity index (χ0v) is 10.9. The van der Waals surface area contributed by atoms with Gasteiger partial charge >= 0.3 is 5.69 Å². The Labute approximate surface area is 113 Å². The predicted octanol–water partition coefficient (Wildman–Crippen LogP) is 2.55. The summed E-state index contributed by atoms with van der Waals surface area (Å²) in [6.07, 6.45) is 6.06. The lowest BCUT2D eigenvalue weighted by Gasteiger charge is -2.01. The molecule has 0 fully saturated rings. The average Bonchev–Trinajstić information content (AvgIpc) is 2.97. The number of aromatic nitrogens is 2. The SMILES string of the molecule is O=[N+]([O-])c1cnc(NCc2cc3c(s2)CCC3)nc1. The highest BCUT2D eigenvalue weighted by atomic mass is 32.1. The molecule has 6 nitrogen and oxygen atoms in total. The molecule has 19 heavy (non-hydrogen) atoms. The minimum atomic E-state index is -0.506. The molecule has 0 unspecified atom stereocenters. The number of nitrogens with one attached hydrogen (secondary N) is 1. The van der Waals surface area contributed by atoms with Crippen molar-refractivity contribution < 1.29 is 4.92 Å². The van der Waals surface area contributed by atoms with Crippen LogP contribution in [-0.4, -0.2) is 14.9 Å². The van der Waals surface area contributed by atoms with E-state index in [1.165, 1.54) is 47.0 Å². The predicted molar refractivity (Wildman–Crippen MR) is 72.4 cm³/mol. The first-order chi connectivity index (χ1) is 9.22. The van der Waals surface area contributed by atoms with E-state index in [1.807, 2.05) is 11.3 Å². The van der Waals surface area contributed by atoms with Crippen molar-refractivity contribution in [2.75, 3.05) is 5.32 Å². The Morgan fingerprint density at radius 1 is 1.37 bits per heavy atom. The number of thiophene rings is 1. The van der Waals surface area contributed by atoms with Gasteiger partial charge in [0.2, 0.25) is 5.95 Å². The number of fused-ring (bicyclic) bond motifs is 1. The number of rotatable bonds is 4. The van der Waals surface area contributed by atoms with Crippen LogP contribution in [0.5, 0.6) is 0 Å². The van der Waals surface area contributed by atoms with Crippen LogP contribution in [0.3, 0.4) is 0 Å². The molecular formula is C12H12N4O2S. The van der Waals surface area contributed by atoms with Crippen molar-refractivity contribution in [1.29, 1.82) is 0 Å². The second kappa shape index (κ2) is 4.93. The van der Waals surface area contributed by atoms with Crippen molar-refractivity contribution >= 4 is 23.0 Å². The van der Waals surface area contributed by atoms with Gasteiger partial charge in [-0.25, -0.2) is 9.97 Å². The van der Waals surface area contributed by atoms with Gasteiger partial charge in [-0.05, 0) is 30.9 Å². The van der Waals surface area contributed by atoms with Crippen molar-refractivity contribution in [2.45, 2.75) is 25.8 Å². The van der Waals surface area contributed by atoms with Gasteiger partial charge in [0.05, 0.1) is 11.5 Å². The second-order valence-electron chi connectivity index (χ2n) is 4.39. The van der Waals surface area contributed by atoms with Crippen LogP contribution in [0.15, 0.2) is 18.5 Å². The molecule has 0 atom stereocenters. The molecule has 1 N–H and O–H groups in total. The van der Waals surface area contributed by atoms with Gasteiger partial charge in [0.1, 0.15) is 12.4 Å². The van der Waals surface area contributed by atoms with Crippen molar-refractivity contribution in [3.05, 3.63) is 43.9 Å². The highest BCUT2D eigenvalue weighted by molar-refractivity contribution is 7.12. The van der Waals surface area contributed by atoms with E-state index in [2.05, 4.69) is 21.4 Å². The molecule has 0 radical (unpaired) electrons. The lowest BCUT2D eigenvalue weighted by molar-refractivity contribution is -0.385. The normalized spacial score (nSPS) is 13.3. The largest absolute Gasteiger partial charge is 0.349 e. The number of nitro groups is 1. The van der Waals surface area contributed by atoms with E-state index in [4.69, 9.17) is 0 Å². The van der Waals surface area contributed by atoms with E-state index in [1.54, 1.807) is 0 Å². The van der Waals surface area contributed by atoms with Gasteiger partial charge in [-0.2, -0.15) is 0 Å². The molecule has 3 rings (SSSR count). The summed E-state index contributed by atoms with van der Waals surface area (Å²) in [5, 5.41) is 13.6. The van der Waals surface area contributed by atoms with Crippen LogP contribution in [0.4, 0.5) is 11.6 Å². The Hall–Kier alpha value is -2.02. The van der Waals surface area contributed by atoms with Crippen LogP contribution in [0.1, 0.15) is 21.7 Å². The summed E-state index contributed by atoms with van der Waals surface area (Å²) >= 11 is 1.82. The molecular weight excluding hydrogens is 264 g/mol. The van der Waals surface area contributed by atoms with Gasteiger partial charge in [-0.3, -0.25) is 10.1 Å². The van der Waals surface area contributed by atoms with Crippen molar-refractivity contribution in [3.63, 3.8) is 0 Å². The molecule has 2 aromatic rings. The average molecular weight is 276 g/mol. The summed E-state index contributed by atoms with van der Waals surface area (Å²) in [4.78, 5) is 20.6. The third-order valence-corrected chi connectivity index (χ3v) is 4.30. The molecule has 1 aliphatic carbocycles. The van der Waals surface area contributed by atoms with Crippen molar-refractivity contribution in [1.82, 2.24) is 9.97 Å². The lowest BCUT2D eigenvalue weighted by Crippen LogP contribution is -2.02. The van der Waals surface area contributed by atoms with Crippen LogP contribution in [0.25, 0.3) is 0 Å². The smallest absolute Gasteiger partial charge is 0.305 e. The molecule has 2 heterocycles. The lowest BCUT2D eigenvalue weighted by atomic mass is 10.2. The van der Waals surface area contributed by atoms with Gasteiger partial charge in [0.15, 0.2) is 0 Å². The maximum atomic E-state index is 10.5. The Morgan fingerprint density at radius 3 is 2.84 bits per heavy atom. The Morgan fingerprint density at radius 2 is 2.16 bits per heavy atom. The maximum absolute atomic E-state index is 10.5. The highest BCUT2D eigenvalue weighted by Gasteiger charge is 2.14. The van der Waals surface area contributed by atoms with Crippen molar-refractivity contribution in [3.8, 4) is 0 Å². The van der Waals surface area contributed by atoms with Gasteiger partial charge in [0.25, 0.3) is 0 Å². The van der Waals surface area contributed by atoms with Crippen LogP contribution >= 0.6 is 11.3 Å². The number of hydrogen-bond donors (Lipinski definition) is 1. The zero-order chi connectivity index (χ0) is 13.2. The number of nitrogens with zero attached hydrogens (tertiary/aromatic N) is 3. The Bertz CT molecular complexity index is 587. The molecule has 2 aromatic heterocycles. The minimum absolute atomic E-state index is 0.0966. The quantitative estimate of drug-likeness (QED) is 0.685. The summed E-state index contributed by atoms with van der Waals surface area (Å²) in [5.41, 5.74) is 1.37. The summed E-state index contributed by atoms with van der Waals surface area (Å²) < 4.78 is 0. The molecule has 0 bridgehead atoms. The molecule has 0 spiro atoms. The third kappa shape index (κ3) is 2.55. The molecule has 98 valence electrons. The monoisotopic (exact) mass is 276 g/mol. The van der Waals surface area contributed by atoms with Gasteiger partial charge in [-0.15, -0.1) is 11.3 Å². The van der Waals surface area contributed by atoms with Crippen LogP contribution in [-0.2, 0) is 19.4 Å². The first-order valence-corrected chi connectivity index (χ1v) is 6.85. The zero-order valence-electron chi connectivity index (χ0n) is 10.1. The maximum Gasteiger partial charge on any atom is 0.305 e. The van der Waals surface area contributed by atoms with Gasteiger partial charge in [-0.1, -0.05) is 0 Å². The van der Waals surface area contributed by atoms with E-state index >= 15 is 0 Å². The first kappa shape index (κ1) is 12.0. The molecule has 7 heteroatoms. The van der Waals surface area contributed by atoms with E-state index in [9.17, 15) is 10.1 Å². The fourth-order valence-corrected chi connectivity index (χ4v) is 3.35. The van der Waals surface area contributed by atoms with E-state index in [0.717, 1.165) is 0 Å². The van der Waals surface area contributed by atoms with E-state index < -0.39 is 4.92 Å². The molecule has 1 aliphatic rings. The van der Waals surface area contributed by atoms with E-state index in [0.29, 0.717) is 12.5 Å². The first-order valence-electron chi connectivity index (χ1n) is 6.03. The fraction of sp³-hybridized carbons (Fsp3) is 0.333. The molecule has 0 aromatic carbocycles. The van der Waals surface area contributed by atoms with Crippen molar-refractivity contribution in [2.24, 2.45) is 0 Å². The van der Waals surface area contributed by atoms with Crippen LogP contribution in [0, 0.1) is 10.1 Å². The molecule has 0 aliphatic heterocycles. The number of hydrogen-bond acceptors (Lipinski definition) is 6. The van der Waals surface area contributed by atoms with Gasteiger partial charge in [0, 0.05) is 9.75 Å². The number of aryl methyl sites for hydroxylation is 2. The summed E-state index contributed by atoms with van der Waals surface area (Å²) in [5.74, 6) is 0.416. The second-order valence-corrected chi connectivity index (χ2v) is 5.61. The minimum Gasteiger partial charge on any atom is -0.349 e. The molecule has 0 saturated carbocycles. The fourth-order valence-electron chi connectivity index (χ4n) is 2.15. The standard InChI is InChI=1S/C12H12N4O2S/c17-16(18)9-5-13-12(14-6-9)15-7-10-4-8-2-1-3-11(8)19-10/h4-6H,1-3,7H2,(H,13,14,15). The summed E-state index contributed by atoms with van der Waals surface area (Å²) in [7, 11) is 0. The summed E-state index contributed by atoms with van der Waals surface area (Å²) in [6, 6.07) is 2.23.